The number of nitrogens with zero attached hydrogens (tertiary/aromatic N) is 1. The van der Waals surface area contributed by atoms with Crippen molar-refractivity contribution < 1.29 is 13.9 Å². The molecule has 0 aliphatic carbocycles. The van der Waals surface area contributed by atoms with Crippen LogP contribution in [0, 0.1) is 17.1 Å². The van der Waals surface area contributed by atoms with Gasteiger partial charge in [0.2, 0.25) is 0 Å². The van der Waals surface area contributed by atoms with Crippen molar-refractivity contribution >= 4 is 23.4 Å². The van der Waals surface area contributed by atoms with Crippen LogP contribution in [0.2, 0.25) is 0 Å². The second kappa shape index (κ2) is 6.87. The van der Waals surface area contributed by atoms with E-state index in [1.54, 1.807) is 0 Å². The Hall–Kier alpha value is -1.74. The van der Waals surface area contributed by atoms with E-state index in [1.807, 2.05) is 13.0 Å². The third-order valence-electron chi connectivity index (χ3n) is 2.13. The zero-order valence-electron chi connectivity index (χ0n) is 10.1. The molecular weight excluding hydrogens is 255 g/mol. The van der Waals surface area contributed by atoms with Crippen LogP contribution in [0.15, 0.2) is 17.0 Å². The number of esters is 1. The van der Waals surface area contributed by atoms with E-state index in [2.05, 4.69) is 10.1 Å². The van der Waals surface area contributed by atoms with Crippen molar-refractivity contribution in [1.82, 2.24) is 0 Å². The fraction of sp³-hybridized carbons (Fsp3) is 0.333. The molecule has 0 aliphatic rings. The average Bonchev–Trinajstić information content (AvgIpc) is 2.38. The van der Waals surface area contributed by atoms with Crippen LogP contribution in [0.4, 0.5) is 10.1 Å². The lowest BCUT2D eigenvalue weighted by atomic mass is 10.2. The van der Waals surface area contributed by atoms with Gasteiger partial charge in [0.15, 0.2) is 0 Å². The third-order valence-corrected chi connectivity index (χ3v) is 3.16. The van der Waals surface area contributed by atoms with Gasteiger partial charge < -0.3 is 10.1 Å². The van der Waals surface area contributed by atoms with E-state index < -0.39 is 11.8 Å². The summed E-state index contributed by atoms with van der Waals surface area (Å²) in [5.41, 5.74) is 0.534. The van der Waals surface area contributed by atoms with Gasteiger partial charge in [-0.15, -0.1) is 11.8 Å². The molecule has 1 N–H and O–H groups in total. The molecule has 96 valence electrons. The Morgan fingerprint density at radius 1 is 1.61 bits per heavy atom. The van der Waals surface area contributed by atoms with Crippen LogP contribution in [0.5, 0.6) is 0 Å². The minimum atomic E-state index is -0.476. The van der Waals surface area contributed by atoms with Crippen LogP contribution in [0.1, 0.15) is 12.5 Å². The van der Waals surface area contributed by atoms with E-state index in [1.165, 1.54) is 13.2 Å². The number of rotatable bonds is 5. The SMILES string of the molecule is CCNc1cc(SCC(=O)OC)c(C#N)cc1F. The highest BCUT2D eigenvalue weighted by Crippen LogP contribution is 2.28. The van der Waals surface area contributed by atoms with Crippen LogP contribution in [-0.4, -0.2) is 25.4 Å². The quantitative estimate of drug-likeness (QED) is 0.656. The second-order valence-electron chi connectivity index (χ2n) is 3.34. The molecule has 18 heavy (non-hydrogen) atoms. The Morgan fingerprint density at radius 3 is 2.89 bits per heavy atom. The summed E-state index contributed by atoms with van der Waals surface area (Å²) < 4.78 is 18.1. The molecule has 4 nitrogen and oxygen atoms in total. The van der Waals surface area contributed by atoms with Gasteiger partial charge in [0.05, 0.1) is 24.1 Å². The molecule has 0 amide bonds. The molecule has 6 heteroatoms. The van der Waals surface area contributed by atoms with Crippen molar-refractivity contribution in [3.63, 3.8) is 0 Å². The first-order chi connectivity index (χ1) is 8.62. The standard InChI is InChI=1S/C12H13FN2O2S/c1-3-15-10-5-11(18-7-12(16)17-2)8(6-14)4-9(10)13/h4-5,15H,3,7H2,1-2H3. The molecule has 0 fully saturated rings. The first-order valence-corrected chi connectivity index (χ1v) is 6.28. The van der Waals surface area contributed by atoms with Gasteiger partial charge in [-0.1, -0.05) is 0 Å². The maximum absolute atomic E-state index is 13.6. The molecule has 1 rings (SSSR count). The highest BCUT2D eigenvalue weighted by Gasteiger charge is 2.11. The number of benzene rings is 1. The molecule has 0 saturated heterocycles. The molecule has 0 heterocycles. The highest BCUT2D eigenvalue weighted by molar-refractivity contribution is 8.00. The van der Waals surface area contributed by atoms with E-state index in [-0.39, 0.29) is 11.3 Å². The van der Waals surface area contributed by atoms with Crippen LogP contribution in [-0.2, 0) is 9.53 Å². The number of ether oxygens (including phenoxy) is 1. The van der Waals surface area contributed by atoms with Gasteiger partial charge in [0.25, 0.3) is 0 Å². The van der Waals surface area contributed by atoms with Crippen molar-refractivity contribution in [1.29, 1.82) is 5.26 Å². The van der Waals surface area contributed by atoms with Crippen LogP contribution < -0.4 is 5.32 Å². The van der Waals surface area contributed by atoms with Crippen LogP contribution in [0.25, 0.3) is 0 Å². The Morgan fingerprint density at radius 2 is 2.33 bits per heavy atom. The molecule has 0 unspecified atom stereocenters. The van der Waals surface area contributed by atoms with E-state index in [4.69, 9.17) is 5.26 Å². The third kappa shape index (κ3) is 3.64. The molecular formula is C12H13FN2O2S. The predicted molar refractivity (Wildman–Crippen MR) is 68.0 cm³/mol. The Balaban J connectivity index is 2.97. The molecule has 0 radical (unpaired) electrons. The maximum atomic E-state index is 13.6. The summed E-state index contributed by atoms with van der Waals surface area (Å²) in [6.07, 6.45) is 0. The minimum absolute atomic E-state index is 0.0857. The summed E-state index contributed by atoms with van der Waals surface area (Å²) in [6, 6.07) is 4.60. The fourth-order valence-electron chi connectivity index (χ4n) is 1.28. The average molecular weight is 268 g/mol. The lowest BCUT2D eigenvalue weighted by Crippen LogP contribution is -2.04. The summed E-state index contributed by atoms with van der Waals surface area (Å²) >= 11 is 1.15. The zero-order chi connectivity index (χ0) is 13.5. The Labute approximate surface area is 109 Å². The van der Waals surface area contributed by atoms with Crippen LogP contribution in [0.3, 0.4) is 0 Å². The number of nitriles is 1. The first kappa shape index (κ1) is 14.3. The van der Waals surface area contributed by atoms with Gasteiger partial charge >= 0.3 is 5.97 Å². The smallest absolute Gasteiger partial charge is 0.315 e. The largest absolute Gasteiger partial charge is 0.468 e. The van der Waals surface area contributed by atoms with Gasteiger partial charge in [-0.2, -0.15) is 5.26 Å². The normalized spacial score (nSPS) is 9.67. The number of methoxy groups -OCH3 is 1. The summed E-state index contributed by atoms with van der Waals surface area (Å²) in [5.74, 6) is -0.781. The summed E-state index contributed by atoms with van der Waals surface area (Å²) in [5, 5.41) is 11.8. The number of carbonyl (C=O) groups is 1. The summed E-state index contributed by atoms with van der Waals surface area (Å²) in [4.78, 5) is 11.6. The molecule has 0 aliphatic heterocycles. The van der Waals surface area contributed by atoms with E-state index in [0.717, 1.165) is 17.8 Å². The molecule has 0 atom stereocenters. The highest BCUT2D eigenvalue weighted by atomic mass is 32.2. The Bertz CT molecular complexity index is 486. The molecule has 0 saturated carbocycles. The number of halogens is 1. The second-order valence-corrected chi connectivity index (χ2v) is 4.35. The number of nitrogens with one attached hydrogen (secondary N) is 1. The van der Waals surface area contributed by atoms with Crippen LogP contribution >= 0.6 is 11.8 Å². The summed E-state index contributed by atoms with van der Waals surface area (Å²) in [7, 11) is 1.29. The van der Waals surface area contributed by atoms with Crippen molar-refractivity contribution in [2.75, 3.05) is 24.7 Å². The van der Waals surface area contributed by atoms with Gasteiger partial charge in [0, 0.05) is 11.4 Å². The van der Waals surface area contributed by atoms with Crippen molar-refractivity contribution in [3.05, 3.63) is 23.5 Å². The van der Waals surface area contributed by atoms with Gasteiger partial charge in [-0.25, -0.2) is 4.39 Å². The van der Waals surface area contributed by atoms with Gasteiger partial charge in [-0.3, -0.25) is 4.79 Å². The number of carbonyl (C=O) groups excluding carboxylic acids is 1. The zero-order valence-corrected chi connectivity index (χ0v) is 10.9. The predicted octanol–water partition coefficient (Wildman–Crippen LogP) is 2.39. The van der Waals surface area contributed by atoms with E-state index in [9.17, 15) is 9.18 Å². The topological polar surface area (TPSA) is 62.1 Å². The maximum Gasteiger partial charge on any atom is 0.315 e. The van der Waals surface area contributed by atoms with E-state index >= 15 is 0 Å². The number of hydrogen-bond donors (Lipinski definition) is 1. The molecule has 0 spiro atoms. The lowest BCUT2D eigenvalue weighted by Gasteiger charge is -2.09. The van der Waals surface area contributed by atoms with Crippen molar-refractivity contribution in [3.8, 4) is 6.07 Å². The minimum Gasteiger partial charge on any atom is -0.468 e. The number of anilines is 1. The fourth-order valence-corrected chi connectivity index (χ4v) is 2.13. The monoisotopic (exact) mass is 268 g/mol. The molecule has 1 aromatic rings. The van der Waals surface area contributed by atoms with E-state index in [0.29, 0.717) is 17.1 Å². The number of hydrogen-bond acceptors (Lipinski definition) is 5. The lowest BCUT2D eigenvalue weighted by molar-refractivity contribution is -0.137. The molecule has 0 aromatic heterocycles. The van der Waals surface area contributed by atoms with Crippen molar-refractivity contribution in [2.24, 2.45) is 0 Å². The number of thioether (sulfide) groups is 1. The first-order valence-electron chi connectivity index (χ1n) is 5.29. The van der Waals surface area contributed by atoms with Crippen molar-refractivity contribution in [2.45, 2.75) is 11.8 Å². The van der Waals surface area contributed by atoms with Gasteiger partial charge in [0.1, 0.15) is 11.9 Å². The summed E-state index contributed by atoms with van der Waals surface area (Å²) in [6.45, 7) is 2.42. The molecule has 1 aromatic carbocycles. The Kier molecular flexibility index (Phi) is 5.46. The molecule has 0 bridgehead atoms. The van der Waals surface area contributed by atoms with Gasteiger partial charge in [-0.05, 0) is 19.1 Å².